The van der Waals surface area contributed by atoms with Crippen molar-refractivity contribution in [2.24, 2.45) is 0 Å². The number of anilines is 1. The highest BCUT2D eigenvalue weighted by Gasteiger charge is 2.25. The zero-order chi connectivity index (χ0) is 17.9. The third-order valence-electron chi connectivity index (χ3n) is 5.16. The summed E-state index contributed by atoms with van der Waals surface area (Å²) >= 11 is 0. The molecule has 1 fully saturated rings. The number of nitrogens with zero attached hydrogens (tertiary/aromatic N) is 6. The van der Waals surface area contributed by atoms with Crippen LogP contribution in [0.3, 0.4) is 0 Å². The molecule has 6 nitrogen and oxygen atoms in total. The third kappa shape index (κ3) is 3.16. The number of hydrogen-bond donors (Lipinski definition) is 0. The van der Waals surface area contributed by atoms with Crippen LogP contribution >= 0.6 is 0 Å². The van der Waals surface area contributed by atoms with Gasteiger partial charge in [-0.25, -0.2) is 4.98 Å². The minimum atomic E-state index is 0.565. The highest BCUT2D eigenvalue weighted by molar-refractivity contribution is 5.58. The summed E-state index contributed by atoms with van der Waals surface area (Å²) in [7, 11) is 0. The molecule has 0 bridgehead atoms. The van der Waals surface area contributed by atoms with Gasteiger partial charge in [0.25, 0.3) is 5.78 Å². The van der Waals surface area contributed by atoms with Crippen LogP contribution in [0.25, 0.3) is 17.2 Å². The summed E-state index contributed by atoms with van der Waals surface area (Å²) in [5, 5.41) is 4.79. The second kappa shape index (κ2) is 7.40. The van der Waals surface area contributed by atoms with Crippen molar-refractivity contribution >= 4 is 11.6 Å². The first-order chi connectivity index (χ1) is 12.8. The van der Waals surface area contributed by atoms with Crippen LogP contribution in [0, 0.1) is 0 Å². The molecule has 6 heteroatoms. The van der Waals surface area contributed by atoms with Crippen LogP contribution in [0.2, 0.25) is 0 Å². The quantitative estimate of drug-likeness (QED) is 0.698. The standard InChI is InChI=1S/C20H26N6/c1-3-8-16-13-18(25-12-6-5-10-17(25)4-2)26-20(22-16)23-19(24-26)15-9-7-11-21-14-15/h7,9,11,13-14,17H,3-6,8,10,12H2,1-2H3. The predicted octanol–water partition coefficient (Wildman–Crippen LogP) is 3.91. The number of rotatable bonds is 5. The van der Waals surface area contributed by atoms with Gasteiger partial charge in [-0.1, -0.05) is 20.3 Å². The van der Waals surface area contributed by atoms with Crippen molar-refractivity contribution in [2.45, 2.75) is 58.4 Å². The Labute approximate surface area is 154 Å². The van der Waals surface area contributed by atoms with Gasteiger partial charge in [0.15, 0.2) is 5.82 Å². The van der Waals surface area contributed by atoms with E-state index in [2.05, 4.69) is 29.8 Å². The molecule has 3 aromatic rings. The van der Waals surface area contributed by atoms with Crippen molar-refractivity contribution in [1.29, 1.82) is 0 Å². The average molecular weight is 350 g/mol. The van der Waals surface area contributed by atoms with Gasteiger partial charge < -0.3 is 4.90 Å². The topological polar surface area (TPSA) is 59.2 Å². The molecule has 0 saturated carbocycles. The van der Waals surface area contributed by atoms with E-state index in [1.165, 1.54) is 19.3 Å². The fraction of sp³-hybridized carbons (Fsp3) is 0.500. The summed E-state index contributed by atoms with van der Waals surface area (Å²) in [4.78, 5) is 16.2. The molecule has 0 radical (unpaired) electrons. The van der Waals surface area contributed by atoms with E-state index in [4.69, 9.17) is 15.1 Å². The summed E-state index contributed by atoms with van der Waals surface area (Å²) in [5.41, 5.74) is 2.02. The van der Waals surface area contributed by atoms with E-state index in [1.807, 2.05) is 16.6 Å². The lowest BCUT2D eigenvalue weighted by molar-refractivity contribution is 0.444. The van der Waals surface area contributed by atoms with Crippen molar-refractivity contribution < 1.29 is 0 Å². The number of pyridine rings is 1. The molecule has 4 rings (SSSR count). The van der Waals surface area contributed by atoms with E-state index in [0.29, 0.717) is 17.6 Å². The van der Waals surface area contributed by atoms with E-state index in [-0.39, 0.29) is 0 Å². The van der Waals surface area contributed by atoms with Gasteiger partial charge in [-0.3, -0.25) is 4.98 Å². The van der Waals surface area contributed by atoms with Gasteiger partial charge in [-0.15, -0.1) is 5.10 Å². The molecule has 1 atom stereocenters. The third-order valence-corrected chi connectivity index (χ3v) is 5.16. The summed E-state index contributed by atoms with van der Waals surface area (Å²) in [6, 6.07) is 6.68. The SMILES string of the molecule is CCCc1cc(N2CCCCC2CC)n2nc(-c3cccnc3)nc2n1. The van der Waals surface area contributed by atoms with Crippen LogP contribution in [0.4, 0.5) is 5.82 Å². The minimum absolute atomic E-state index is 0.565. The van der Waals surface area contributed by atoms with Gasteiger partial charge in [0.1, 0.15) is 5.82 Å². The zero-order valence-electron chi connectivity index (χ0n) is 15.6. The van der Waals surface area contributed by atoms with Crippen LogP contribution in [-0.2, 0) is 6.42 Å². The number of hydrogen-bond acceptors (Lipinski definition) is 5. The first kappa shape index (κ1) is 16.9. The van der Waals surface area contributed by atoms with Gasteiger partial charge in [0.2, 0.25) is 0 Å². The lowest BCUT2D eigenvalue weighted by Crippen LogP contribution is -2.40. The molecule has 3 aromatic heterocycles. The van der Waals surface area contributed by atoms with Crippen molar-refractivity contribution in [3.63, 3.8) is 0 Å². The van der Waals surface area contributed by atoms with Crippen molar-refractivity contribution in [3.8, 4) is 11.4 Å². The van der Waals surface area contributed by atoms with Crippen LogP contribution < -0.4 is 4.90 Å². The van der Waals surface area contributed by atoms with E-state index >= 15 is 0 Å². The van der Waals surface area contributed by atoms with Gasteiger partial charge in [0.05, 0.1) is 0 Å². The number of aryl methyl sites for hydroxylation is 1. The Kier molecular flexibility index (Phi) is 4.82. The van der Waals surface area contributed by atoms with Gasteiger partial charge in [-0.2, -0.15) is 9.50 Å². The summed E-state index contributed by atoms with van der Waals surface area (Å²) in [6.45, 7) is 5.54. The predicted molar refractivity (Wildman–Crippen MR) is 103 cm³/mol. The van der Waals surface area contributed by atoms with Crippen molar-refractivity contribution in [3.05, 3.63) is 36.3 Å². The molecule has 136 valence electrons. The Bertz CT molecular complexity index is 873. The van der Waals surface area contributed by atoms with E-state index < -0.39 is 0 Å². The molecule has 26 heavy (non-hydrogen) atoms. The molecule has 0 spiro atoms. The van der Waals surface area contributed by atoms with Crippen molar-refractivity contribution in [1.82, 2.24) is 24.6 Å². The monoisotopic (exact) mass is 350 g/mol. The van der Waals surface area contributed by atoms with E-state index in [1.54, 1.807) is 12.4 Å². The van der Waals surface area contributed by atoms with Gasteiger partial charge >= 0.3 is 0 Å². The van der Waals surface area contributed by atoms with Gasteiger partial charge in [-0.05, 0) is 44.2 Å². The van der Waals surface area contributed by atoms with Crippen LogP contribution in [0.15, 0.2) is 30.6 Å². The fourth-order valence-electron chi connectivity index (χ4n) is 3.83. The largest absolute Gasteiger partial charge is 0.353 e. The number of fused-ring (bicyclic) bond motifs is 1. The lowest BCUT2D eigenvalue weighted by atomic mass is 10.00. The molecular formula is C20H26N6. The zero-order valence-corrected chi connectivity index (χ0v) is 15.6. The molecule has 1 aliphatic heterocycles. The summed E-state index contributed by atoms with van der Waals surface area (Å²) in [6.07, 6.45) is 10.5. The molecule has 0 amide bonds. The Hall–Kier alpha value is -2.50. The van der Waals surface area contributed by atoms with Crippen LogP contribution in [0.5, 0.6) is 0 Å². The Morgan fingerprint density at radius 3 is 2.88 bits per heavy atom. The highest BCUT2D eigenvalue weighted by atomic mass is 15.4. The Morgan fingerprint density at radius 2 is 2.12 bits per heavy atom. The summed E-state index contributed by atoms with van der Waals surface area (Å²) < 4.78 is 1.93. The maximum atomic E-state index is 4.79. The smallest absolute Gasteiger partial charge is 0.254 e. The molecular weight excluding hydrogens is 324 g/mol. The molecule has 1 aliphatic rings. The Morgan fingerprint density at radius 1 is 1.19 bits per heavy atom. The molecule has 1 saturated heterocycles. The molecule has 0 N–H and O–H groups in total. The molecule has 1 unspecified atom stereocenters. The van der Waals surface area contributed by atoms with Crippen molar-refractivity contribution in [2.75, 3.05) is 11.4 Å². The summed E-state index contributed by atoms with van der Waals surface area (Å²) in [5.74, 6) is 2.50. The van der Waals surface area contributed by atoms with Gasteiger partial charge in [0, 0.05) is 42.3 Å². The minimum Gasteiger partial charge on any atom is -0.353 e. The first-order valence-corrected chi connectivity index (χ1v) is 9.74. The second-order valence-corrected chi connectivity index (χ2v) is 7.00. The molecule has 4 heterocycles. The Balaban J connectivity index is 1.85. The average Bonchev–Trinajstić information content (AvgIpc) is 3.12. The fourth-order valence-corrected chi connectivity index (χ4v) is 3.83. The molecule has 0 aliphatic carbocycles. The second-order valence-electron chi connectivity index (χ2n) is 7.00. The number of aromatic nitrogens is 5. The normalized spacial score (nSPS) is 17.8. The van der Waals surface area contributed by atoms with E-state index in [9.17, 15) is 0 Å². The van der Waals surface area contributed by atoms with Crippen LogP contribution in [0.1, 0.15) is 51.6 Å². The van der Waals surface area contributed by atoms with Crippen LogP contribution in [-0.4, -0.2) is 37.2 Å². The maximum Gasteiger partial charge on any atom is 0.254 e. The number of piperidine rings is 1. The maximum absolute atomic E-state index is 4.79. The highest BCUT2D eigenvalue weighted by Crippen LogP contribution is 2.28. The lowest BCUT2D eigenvalue weighted by Gasteiger charge is -2.37. The van der Waals surface area contributed by atoms with E-state index in [0.717, 1.165) is 42.9 Å². The first-order valence-electron chi connectivity index (χ1n) is 9.74. The molecule has 0 aromatic carbocycles.